The summed E-state index contributed by atoms with van der Waals surface area (Å²) in [6.45, 7) is 3.65. The quantitative estimate of drug-likeness (QED) is 0.728. The van der Waals surface area contributed by atoms with E-state index >= 15 is 0 Å². The lowest BCUT2D eigenvalue weighted by molar-refractivity contribution is 0.0521. The molecule has 1 atom stereocenters. The topological polar surface area (TPSA) is 59.3 Å². The minimum Gasteiger partial charge on any atom is -0.475 e. The first-order chi connectivity index (χ1) is 7.69. The fourth-order valence-corrected chi connectivity index (χ4v) is 1.16. The maximum Gasteiger partial charge on any atom is 0.341 e. The lowest BCUT2D eigenvalue weighted by Gasteiger charge is -2.11. The summed E-state index contributed by atoms with van der Waals surface area (Å²) in [6, 6.07) is 8.64. The Labute approximate surface area is 94.4 Å². The van der Waals surface area contributed by atoms with E-state index in [4.69, 9.17) is 14.7 Å². The molecule has 4 heteroatoms. The molecule has 0 fully saturated rings. The number of hydrogen-bond acceptors (Lipinski definition) is 4. The molecule has 0 aliphatic rings. The highest BCUT2D eigenvalue weighted by atomic mass is 16.5. The second kappa shape index (κ2) is 5.76. The Morgan fingerprint density at radius 1 is 1.50 bits per heavy atom. The van der Waals surface area contributed by atoms with Crippen LogP contribution in [0, 0.1) is 11.3 Å². The van der Waals surface area contributed by atoms with Gasteiger partial charge < -0.3 is 9.47 Å². The van der Waals surface area contributed by atoms with Gasteiger partial charge in [0.2, 0.25) is 0 Å². The van der Waals surface area contributed by atoms with Crippen molar-refractivity contribution in [2.75, 3.05) is 6.61 Å². The lowest BCUT2D eigenvalue weighted by Crippen LogP contribution is -2.13. The molecule has 0 saturated carbocycles. The number of nitriles is 1. The summed E-state index contributed by atoms with van der Waals surface area (Å²) in [7, 11) is 0. The van der Waals surface area contributed by atoms with Gasteiger partial charge in [-0.2, -0.15) is 5.26 Å². The average molecular weight is 219 g/mol. The van der Waals surface area contributed by atoms with Crippen LogP contribution in [0.1, 0.15) is 24.2 Å². The van der Waals surface area contributed by atoms with Crippen molar-refractivity contribution in [2.45, 2.75) is 20.0 Å². The number of ether oxygens (including phenoxy) is 2. The monoisotopic (exact) mass is 219 g/mol. The smallest absolute Gasteiger partial charge is 0.341 e. The van der Waals surface area contributed by atoms with Crippen molar-refractivity contribution >= 4 is 5.97 Å². The number of hydrogen-bond donors (Lipinski definition) is 0. The summed E-state index contributed by atoms with van der Waals surface area (Å²) < 4.78 is 10.2. The Kier molecular flexibility index (Phi) is 4.34. The van der Waals surface area contributed by atoms with E-state index in [-0.39, 0.29) is 0 Å². The van der Waals surface area contributed by atoms with Gasteiger partial charge in [0.1, 0.15) is 17.4 Å². The normalized spacial score (nSPS) is 11.3. The van der Waals surface area contributed by atoms with Crippen molar-refractivity contribution < 1.29 is 14.3 Å². The molecule has 0 amide bonds. The summed E-state index contributed by atoms with van der Waals surface area (Å²) in [5.74, 6) is -0.0711. The van der Waals surface area contributed by atoms with E-state index in [1.807, 2.05) is 6.07 Å². The second-order valence-electron chi connectivity index (χ2n) is 3.11. The van der Waals surface area contributed by atoms with Gasteiger partial charge in [0.15, 0.2) is 6.10 Å². The Balaban J connectivity index is 2.92. The minimum absolute atomic E-state index is 0.307. The maximum atomic E-state index is 11.6. The molecule has 0 N–H and O–H groups in total. The summed E-state index contributed by atoms with van der Waals surface area (Å²) in [5, 5.41) is 8.64. The molecular formula is C12H13NO3. The third kappa shape index (κ3) is 2.99. The Morgan fingerprint density at radius 3 is 2.81 bits per heavy atom. The predicted molar refractivity (Wildman–Crippen MR) is 58.1 cm³/mol. The largest absolute Gasteiger partial charge is 0.475 e. The van der Waals surface area contributed by atoms with E-state index in [0.29, 0.717) is 17.9 Å². The molecule has 0 aromatic heterocycles. The average Bonchev–Trinajstić information content (AvgIpc) is 2.30. The summed E-state index contributed by atoms with van der Waals surface area (Å²) in [6.07, 6.45) is -0.601. The highest BCUT2D eigenvalue weighted by Gasteiger charge is 2.14. The van der Waals surface area contributed by atoms with Gasteiger partial charge in [0.25, 0.3) is 0 Å². The van der Waals surface area contributed by atoms with Crippen molar-refractivity contribution in [3.63, 3.8) is 0 Å². The van der Waals surface area contributed by atoms with E-state index < -0.39 is 12.1 Å². The molecule has 16 heavy (non-hydrogen) atoms. The van der Waals surface area contributed by atoms with Crippen molar-refractivity contribution in [1.29, 1.82) is 5.26 Å². The van der Waals surface area contributed by atoms with Gasteiger partial charge in [-0.15, -0.1) is 0 Å². The minimum atomic E-state index is -0.601. The third-order valence-corrected chi connectivity index (χ3v) is 1.87. The van der Waals surface area contributed by atoms with E-state index in [9.17, 15) is 4.79 Å². The molecule has 0 unspecified atom stereocenters. The summed E-state index contributed by atoms with van der Waals surface area (Å²) in [5.41, 5.74) is 0.339. The Bertz CT molecular complexity index is 409. The molecule has 1 aromatic carbocycles. The molecule has 1 aromatic rings. The standard InChI is InChI=1S/C12H13NO3/c1-3-15-12(14)10-6-4-5-7-11(10)16-9(2)8-13/h4-7,9H,3H2,1-2H3/t9-/m0/s1. The predicted octanol–water partition coefficient (Wildman–Crippen LogP) is 2.15. The highest BCUT2D eigenvalue weighted by Crippen LogP contribution is 2.20. The number of nitrogens with zero attached hydrogens (tertiary/aromatic N) is 1. The van der Waals surface area contributed by atoms with Crippen LogP contribution >= 0.6 is 0 Å². The molecule has 0 radical (unpaired) electrons. The summed E-state index contributed by atoms with van der Waals surface area (Å²) in [4.78, 5) is 11.6. The molecule has 0 aliphatic carbocycles. The molecule has 0 bridgehead atoms. The van der Waals surface area contributed by atoms with Gasteiger partial charge in [-0.05, 0) is 26.0 Å². The Morgan fingerprint density at radius 2 is 2.19 bits per heavy atom. The van der Waals surface area contributed by atoms with Crippen LogP contribution in [0.2, 0.25) is 0 Å². The van der Waals surface area contributed by atoms with Gasteiger partial charge in [-0.25, -0.2) is 4.79 Å². The first-order valence-corrected chi connectivity index (χ1v) is 5.01. The zero-order valence-electron chi connectivity index (χ0n) is 9.27. The number of esters is 1. The maximum absolute atomic E-state index is 11.6. The summed E-state index contributed by atoms with van der Waals surface area (Å²) >= 11 is 0. The zero-order valence-corrected chi connectivity index (χ0v) is 9.27. The van der Waals surface area contributed by atoms with Crippen LogP contribution in [-0.4, -0.2) is 18.7 Å². The fourth-order valence-electron chi connectivity index (χ4n) is 1.16. The van der Waals surface area contributed by atoms with Crippen molar-refractivity contribution in [3.8, 4) is 11.8 Å². The van der Waals surface area contributed by atoms with E-state index in [1.54, 1.807) is 38.1 Å². The van der Waals surface area contributed by atoms with Crippen LogP contribution in [0.25, 0.3) is 0 Å². The van der Waals surface area contributed by atoms with Gasteiger partial charge >= 0.3 is 5.97 Å². The molecular weight excluding hydrogens is 206 g/mol. The van der Waals surface area contributed by atoms with Gasteiger partial charge in [0, 0.05) is 0 Å². The molecule has 0 spiro atoms. The third-order valence-electron chi connectivity index (χ3n) is 1.87. The molecule has 0 aliphatic heterocycles. The number of benzene rings is 1. The first-order valence-electron chi connectivity index (χ1n) is 5.01. The highest BCUT2D eigenvalue weighted by molar-refractivity contribution is 5.92. The van der Waals surface area contributed by atoms with Crippen molar-refractivity contribution in [1.82, 2.24) is 0 Å². The van der Waals surface area contributed by atoms with Crippen LogP contribution in [0.15, 0.2) is 24.3 Å². The first kappa shape index (κ1) is 12.1. The van der Waals surface area contributed by atoms with E-state index in [2.05, 4.69) is 0 Å². The van der Waals surface area contributed by atoms with Crippen molar-refractivity contribution in [2.24, 2.45) is 0 Å². The van der Waals surface area contributed by atoms with Gasteiger partial charge in [-0.3, -0.25) is 0 Å². The number of rotatable bonds is 4. The molecule has 0 heterocycles. The molecule has 1 rings (SSSR count). The molecule has 84 valence electrons. The van der Waals surface area contributed by atoms with Crippen LogP contribution in [-0.2, 0) is 4.74 Å². The molecule has 4 nitrogen and oxygen atoms in total. The number of para-hydroxylation sites is 1. The van der Waals surface area contributed by atoms with Crippen LogP contribution in [0.4, 0.5) is 0 Å². The van der Waals surface area contributed by atoms with Crippen LogP contribution in [0.3, 0.4) is 0 Å². The second-order valence-corrected chi connectivity index (χ2v) is 3.11. The van der Waals surface area contributed by atoms with Gasteiger partial charge in [-0.1, -0.05) is 12.1 Å². The van der Waals surface area contributed by atoms with E-state index in [0.717, 1.165) is 0 Å². The zero-order chi connectivity index (χ0) is 12.0. The Hall–Kier alpha value is -2.02. The number of carbonyl (C=O) groups excluding carboxylic acids is 1. The number of carbonyl (C=O) groups is 1. The van der Waals surface area contributed by atoms with Crippen LogP contribution < -0.4 is 4.74 Å². The SMILES string of the molecule is CCOC(=O)c1ccccc1O[C@@H](C)C#N. The van der Waals surface area contributed by atoms with Crippen LogP contribution in [0.5, 0.6) is 5.75 Å². The van der Waals surface area contributed by atoms with Crippen molar-refractivity contribution in [3.05, 3.63) is 29.8 Å². The van der Waals surface area contributed by atoms with Gasteiger partial charge in [0.05, 0.1) is 6.61 Å². The lowest BCUT2D eigenvalue weighted by atomic mass is 10.2. The van der Waals surface area contributed by atoms with E-state index in [1.165, 1.54) is 0 Å². The molecule has 0 saturated heterocycles. The fraction of sp³-hybridized carbons (Fsp3) is 0.333.